The summed E-state index contributed by atoms with van der Waals surface area (Å²) in [5, 5.41) is 7.15. The van der Waals surface area contributed by atoms with E-state index in [0.717, 1.165) is 44.3 Å². The predicted molar refractivity (Wildman–Crippen MR) is 276 cm³/mol. The molecule has 0 amide bonds. The van der Waals surface area contributed by atoms with Crippen molar-refractivity contribution in [1.82, 2.24) is 9.13 Å². The second-order valence-electron chi connectivity index (χ2n) is 18.4. The van der Waals surface area contributed by atoms with Crippen LogP contribution in [0.15, 0.2) is 223 Å². The van der Waals surface area contributed by atoms with Gasteiger partial charge in [-0.25, -0.2) is 0 Å². The van der Waals surface area contributed by atoms with Gasteiger partial charge < -0.3 is 13.6 Å². The van der Waals surface area contributed by atoms with Crippen LogP contribution in [0.2, 0.25) is 0 Å². The molecule has 0 atom stereocenters. The number of hydrogen-bond acceptors (Lipinski definition) is 1. The first-order valence-corrected chi connectivity index (χ1v) is 22.9. The van der Waals surface area contributed by atoms with Crippen molar-refractivity contribution in [2.24, 2.45) is 0 Å². The molecule has 0 bridgehead atoms. The Labute approximate surface area is 382 Å². The second kappa shape index (κ2) is 13.8. The van der Waals surface area contributed by atoms with Crippen molar-refractivity contribution in [1.29, 1.82) is 0 Å². The normalized spacial score (nSPS) is 13.1. The lowest BCUT2D eigenvalue weighted by Crippen LogP contribution is -2.14. The van der Waals surface area contributed by atoms with Crippen molar-refractivity contribution in [3.8, 4) is 55.9 Å². The van der Waals surface area contributed by atoms with Gasteiger partial charge in [0, 0.05) is 43.4 Å². The number of benzene rings is 10. The molecule has 10 aromatic carbocycles. The highest BCUT2D eigenvalue weighted by atomic mass is 16.3. The SMILES string of the molecule is CC1(C)c2ccccc2-c2ccc(-c3cc(-c4cccc5c4c4ccccc4n5-c4ccccc4)cc(-c4cccc5c4c4ccccc4n5-c4cccc5c4oc4ccccc45)c3)cc21. The van der Waals surface area contributed by atoms with Gasteiger partial charge in [0.05, 0.1) is 27.8 Å². The fraction of sp³-hybridized carbons (Fsp3) is 0.0476. The standard InChI is InChI=1S/C63H42N2O/c1-63(2)52-26-10-6-19-46(52)47-34-33-39(38-53(47)63)40-35-41(44-23-14-29-56-60(44)50-21-7-11-27-54(50)64(56)43-17-4-3-5-18-43)37-42(36-40)45-24-15-30-57-61(45)51-22-8-12-28-55(51)65(57)58-31-16-25-49-48-20-9-13-32-59(48)66-62(49)58/h3-38H,1-2H3. The average Bonchev–Trinajstić information content (AvgIpc) is 4.09. The molecule has 0 radical (unpaired) electrons. The number of rotatable bonds is 5. The van der Waals surface area contributed by atoms with E-state index in [9.17, 15) is 0 Å². The minimum atomic E-state index is -0.122. The first-order valence-electron chi connectivity index (χ1n) is 22.9. The lowest BCUT2D eigenvalue weighted by Gasteiger charge is -2.22. The Hall–Kier alpha value is -8.40. The number of hydrogen-bond donors (Lipinski definition) is 0. The van der Waals surface area contributed by atoms with E-state index in [1.807, 2.05) is 6.07 Å². The van der Waals surface area contributed by atoms with Crippen molar-refractivity contribution >= 4 is 65.6 Å². The smallest absolute Gasteiger partial charge is 0.159 e. The van der Waals surface area contributed by atoms with Gasteiger partial charge in [-0.3, -0.25) is 0 Å². The molecule has 310 valence electrons. The molecule has 3 heteroatoms. The molecule has 13 aromatic rings. The molecule has 3 nitrogen and oxygen atoms in total. The molecular formula is C63H42N2O. The molecule has 0 N–H and O–H groups in total. The number of nitrogens with zero attached hydrogens (tertiary/aromatic N) is 2. The minimum absolute atomic E-state index is 0.122. The monoisotopic (exact) mass is 842 g/mol. The van der Waals surface area contributed by atoms with Crippen molar-refractivity contribution in [2.45, 2.75) is 19.3 Å². The van der Waals surface area contributed by atoms with E-state index in [2.05, 4.69) is 235 Å². The van der Waals surface area contributed by atoms with Crippen LogP contribution >= 0.6 is 0 Å². The van der Waals surface area contributed by atoms with E-state index in [-0.39, 0.29) is 5.41 Å². The first-order chi connectivity index (χ1) is 32.5. The van der Waals surface area contributed by atoms with Gasteiger partial charge in [0.25, 0.3) is 0 Å². The summed E-state index contributed by atoms with van der Waals surface area (Å²) in [7, 11) is 0. The van der Waals surface area contributed by atoms with Gasteiger partial charge in [-0.2, -0.15) is 0 Å². The second-order valence-corrected chi connectivity index (χ2v) is 18.4. The Kier molecular flexibility index (Phi) is 7.74. The maximum atomic E-state index is 6.69. The summed E-state index contributed by atoms with van der Waals surface area (Å²) >= 11 is 0. The number of para-hydroxylation sites is 5. The average molecular weight is 843 g/mol. The fourth-order valence-corrected chi connectivity index (χ4v) is 11.5. The summed E-state index contributed by atoms with van der Waals surface area (Å²) in [5.41, 5.74) is 21.1. The molecule has 0 fully saturated rings. The van der Waals surface area contributed by atoms with Crippen molar-refractivity contribution in [3.63, 3.8) is 0 Å². The summed E-state index contributed by atoms with van der Waals surface area (Å²) in [6.45, 7) is 4.74. The van der Waals surface area contributed by atoms with Gasteiger partial charge in [0.1, 0.15) is 5.58 Å². The van der Waals surface area contributed by atoms with E-state index in [1.165, 1.54) is 88.2 Å². The van der Waals surface area contributed by atoms with Crippen LogP contribution in [-0.2, 0) is 5.41 Å². The maximum absolute atomic E-state index is 6.69. The van der Waals surface area contributed by atoms with Gasteiger partial charge in [-0.1, -0.05) is 159 Å². The molecular weight excluding hydrogens is 801 g/mol. The van der Waals surface area contributed by atoms with Crippen LogP contribution in [0.4, 0.5) is 0 Å². The molecule has 3 aromatic heterocycles. The quantitative estimate of drug-likeness (QED) is 0.169. The largest absolute Gasteiger partial charge is 0.454 e. The Bertz CT molecular complexity index is 4140. The summed E-state index contributed by atoms with van der Waals surface area (Å²) in [6, 6.07) is 80.3. The molecule has 14 rings (SSSR count). The van der Waals surface area contributed by atoms with E-state index in [0.29, 0.717) is 0 Å². The fourth-order valence-electron chi connectivity index (χ4n) is 11.5. The van der Waals surface area contributed by atoms with E-state index in [1.54, 1.807) is 0 Å². The molecule has 0 unspecified atom stereocenters. The third-order valence-corrected chi connectivity index (χ3v) is 14.5. The van der Waals surface area contributed by atoms with Gasteiger partial charge in [0.2, 0.25) is 0 Å². The van der Waals surface area contributed by atoms with Crippen LogP contribution in [0.25, 0.3) is 121 Å². The molecule has 1 aliphatic carbocycles. The van der Waals surface area contributed by atoms with Crippen LogP contribution in [0.3, 0.4) is 0 Å². The summed E-state index contributed by atoms with van der Waals surface area (Å²) in [4.78, 5) is 0. The van der Waals surface area contributed by atoms with Crippen molar-refractivity contribution < 1.29 is 4.42 Å². The van der Waals surface area contributed by atoms with Crippen molar-refractivity contribution in [2.75, 3.05) is 0 Å². The zero-order valence-electron chi connectivity index (χ0n) is 36.6. The third-order valence-electron chi connectivity index (χ3n) is 14.5. The lowest BCUT2D eigenvalue weighted by molar-refractivity contribution is 0.660. The topological polar surface area (TPSA) is 23.0 Å². The van der Waals surface area contributed by atoms with Crippen LogP contribution < -0.4 is 0 Å². The first kappa shape index (κ1) is 37.0. The molecule has 0 spiro atoms. The van der Waals surface area contributed by atoms with Crippen molar-refractivity contribution in [3.05, 3.63) is 230 Å². The predicted octanol–water partition coefficient (Wildman–Crippen LogP) is 17.1. The van der Waals surface area contributed by atoms with Gasteiger partial charge in [-0.15, -0.1) is 0 Å². The maximum Gasteiger partial charge on any atom is 0.159 e. The Morgan fingerprint density at radius 1 is 0.348 bits per heavy atom. The van der Waals surface area contributed by atoms with Crippen LogP contribution in [-0.4, -0.2) is 9.13 Å². The van der Waals surface area contributed by atoms with E-state index in [4.69, 9.17) is 4.42 Å². The molecule has 0 saturated carbocycles. The summed E-state index contributed by atoms with van der Waals surface area (Å²) < 4.78 is 11.5. The van der Waals surface area contributed by atoms with Gasteiger partial charge in [-0.05, 0) is 128 Å². The molecule has 0 saturated heterocycles. The highest BCUT2D eigenvalue weighted by molar-refractivity contribution is 6.19. The Balaban J connectivity index is 1.05. The lowest BCUT2D eigenvalue weighted by atomic mass is 9.81. The molecule has 0 aliphatic heterocycles. The van der Waals surface area contributed by atoms with E-state index < -0.39 is 0 Å². The zero-order valence-corrected chi connectivity index (χ0v) is 36.6. The zero-order chi connectivity index (χ0) is 43.7. The Morgan fingerprint density at radius 2 is 0.879 bits per heavy atom. The number of furan rings is 1. The molecule has 66 heavy (non-hydrogen) atoms. The summed E-state index contributed by atoms with van der Waals surface area (Å²) in [6.07, 6.45) is 0. The minimum Gasteiger partial charge on any atom is -0.454 e. The van der Waals surface area contributed by atoms with Crippen LogP contribution in [0.5, 0.6) is 0 Å². The van der Waals surface area contributed by atoms with Crippen LogP contribution in [0, 0.1) is 0 Å². The highest BCUT2D eigenvalue weighted by Crippen LogP contribution is 2.51. The van der Waals surface area contributed by atoms with Gasteiger partial charge in [0.15, 0.2) is 5.58 Å². The third kappa shape index (κ3) is 5.20. The number of aromatic nitrogens is 2. The number of fused-ring (bicyclic) bond motifs is 12. The summed E-state index contributed by atoms with van der Waals surface area (Å²) in [5.74, 6) is 0. The van der Waals surface area contributed by atoms with Gasteiger partial charge >= 0.3 is 0 Å². The van der Waals surface area contributed by atoms with E-state index >= 15 is 0 Å². The highest BCUT2D eigenvalue weighted by Gasteiger charge is 2.35. The van der Waals surface area contributed by atoms with Crippen LogP contribution in [0.1, 0.15) is 25.0 Å². The molecule has 1 aliphatic rings. The molecule has 3 heterocycles. The Morgan fingerprint density at radius 3 is 1.62 bits per heavy atom.